The van der Waals surface area contributed by atoms with Crippen molar-refractivity contribution in [2.75, 3.05) is 16.4 Å². The van der Waals surface area contributed by atoms with Gasteiger partial charge in [-0.15, -0.1) is 11.8 Å². The van der Waals surface area contributed by atoms with Crippen molar-refractivity contribution in [3.63, 3.8) is 0 Å². The highest BCUT2D eigenvalue weighted by molar-refractivity contribution is 8.00. The van der Waals surface area contributed by atoms with Crippen molar-refractivity contribution in [2.45, 2.75) is 4.90 Å². The highest BCUT2D eigenvalue weighted by atomic mass is 35.5. The maximum absolute atomic E-state index is 13.4. The maximum Gasteiger partial charge on any atom is 0.335 e. The molecule has 0 spiro atoms. The molecular formula is C31H23ClFN3O5S. The fourth-order valence-electron chi connectivity index (χ4n) is 3.59. The highest BCUT2D eigenvalue weighted by Gasteiger charge is 2.16. The summed E-state index contributed by atoms with van der Waals surface area (Å²) in [6.07, 6.45) is 1.44. The Morgan fingerprint density at radius 1 is 0.833 bits per heavy atom. The predicted octanol–water partition coefficient (Wildman–Crippen LogP) is 6.32. The Hall–Kier alpha value is -4.93. The van der Waals surface area contributed by atoms with E-state index in [-0.39, 0.29) is 33.6 Å². The van der Waals surface area contributed by atoms with E-state index >= 15 is 0 Å². The Morgan fingerprint density at radius 3 is 2.19 bits per heavy atom. The van der Waals surface area contributed by atoms with E-state index in [1.165, 1.54) is 60.3 Å². The number of carbonyl (C=O) groups is 4. The van der Waals surface area contributed by atoms with Gasteiger partial charge in [-0.1, -0.05) is 41.9 Å². The zero-order valence-electron chi connectivity index (χ0n) is 21.8. The van der Waals surface area contributed by atoms with Crippen molar-refractivity contribution in [1.29, 1.82) is 0 Å². The fourth-order valence-corrected chi connectivity index (χ4v) is 4.45. The topological polar surface area (TPSA) is 125 Å². The second kappa shape index (κ2) is 14.1. The van der Waals surface area contributed by atoms with Gasteiger partial charge in [0.2, 0.25) is 5.91 Å². The second-order valence-corrected chi connectivity index (χ2v) is 10.2. The van der Waals surface area contributed by atoms with Crippen LogP contribution < -0.4 is 16.0 Å². The average Bonchev–Trinajstić information content (AvgIpc) is 2.99. The van der Waals surface area contributed by atoms with Crippen molar-refractivity contribution in [2.24, 2.45) is 0 Å². The van der Waals surface area contributed by atoms with E-state index in [1.807, 2.05) is 0 Å². The third-order valence-corrected chi connectivity index (χ3v) is 7.02. The van der Waals surface area contributed by atoms with Crippen LogP contribution >= 0.6 is 23.4 Å². The molecule has 0 aliphatic carbocycles. The minimum atomic E-state index is -1.14. The summed E-state index contributed by atoms with van der Waals surface area (Å²) < 4.78 is 13.4. The van der Waals surface area contributed by atoms with E-state index in [0.29, 0.717) is 16.8 Å². The van der Waals surface area contributed by atoms with Gasteiger partial charge >= 0.3 is 5.97 Å². The summed E-state index contributed by atoms with van der Waals surface area (Å²) in [7, 11) is 0. The lowest BCUT2D eigenvalue weighted by Gasteiger charge is -2.12. The molecule has 0 radical (unpaired) electrons. The summed E-state index contributed by atoms with van der Waals surface area (Å²) in [6, 6.07) is 24.6. The number of amides is 3. The van der Waals surface area contributed by atoms with E-state index in [9.17, 15) is 23.6 Å². The number of carbonyl (C=O) groups excluding carboxylic acids is 3. The molecule has 8 nitrogen and oxygen atoms in total. The number of halogens is 2. The van der Waals surface area contributed by atoms with Crippen molar-refractivity contribution < 1.29 is 28.7 Å². The number of thioether (sulfide) groups is 1. The lowest BCUT2D eigenvalue weighted by molar-refractivity contribution is -0.114. The number of carboxylic acid groups (broad SMARTS) is 1. The minimum Gasteiger partial charge on any atom is -0.478 e. The van der Waals surface area contributed by atoms with Gasteiger partial charge in [0.05, 0.1) is 22.0 Å². The van der Waals surface area contributed by atoms with Gasteiger partial charge in [-0.3, -0.25) is 14.4 Å². The van der Waals surface area contributed by atoms with E-state index in [4.69, 9.17) is 16.7 Å². The van der Waals surface area contributed by atoms with Gasteiger partial charge in [0, 0.05) is 16.1 Å². The number of nitrogens with one attached hydrogen (secondary N) is 3. The molecule has 42 heavy (non-hydrogen) atoms. The zero-order chi connectivity index (χ0) is 30.1. The Bertz CT molecular complexity index is 1650. The first-order valence-electron chi connectivity index (χ1n) is 12.4. The van der Waals surface area contributed by atoms with E-state index in [1.54, 1.807) is 54.6 Å². The smallest absolute Gasteiger partial charge is 0.335 e. The van der Waals surface area contributed by atoms with Gasteiger partial charge in [0.25, 0.3) is 11.8 Å². The van der Waals surface area contributed by atoms with Crippen molar-refractivity contribution in [3.05, 3.63) is 130 Å². The molecule has 0 heterocycles. The zero-order valence-corrected chi connectivity index (χ0v) is 23.3. The Labute approximate surface area is 249 Å². The molecule has 4 N–H and O–H groups in total. The largest absolute Gasteiger partial charge is 0.478 e. The number of hydrogen-bond acceptors (Lipinski definition) is 5. The summed E-state index contributed by atoms with van der Waals surface area (Å²) in [5.41, 5.74) is 1.45. The molecule has 0 aromatic heterocycles. The summed E-state index contributed by atoms with van der Waals surface area (Å²) in [4.78, 5) is 50.2. The van der Waals surface area contributed by atoms with Crippen LogP contribution in [0, 0.1) is 5.82 Å². The first kappa shape index (κ1) is 30.0. The van der Waals surface area contributed by atoms with Gasteiger partial charge in [-0.05, 0) is 78.4 Å². The molecule has 212 valence electrons. The van der Waals surface area contributed by atoms with Crippen molar-refractivity contribution >= 4 is 64.5 Å². The molecule has 11 heteroatoms. The molecule has 4 aromatic rings. The molecule has 4 rings (SSSR count). The number of aromatic carboxylic acids is 1. The number of anilines is 2. The quantitative estimate of drug-likeness (QED) is 0.124. The minimum absolute atomic E-state index is 0.00436. The van der Waals surface area contributed by atoms with Crippen LogP contribution in [0.25, 0.3) is 6.08 Å². The second-order valence-electron chi connectivity index (χ2n) is 8.74. The monoisotopic (exact) mass is 603 g/mol. The van der Waals surface area contributed by atoms with Crippen LogP contribution in [0.5, 0.6) is 0 Å². The molecule has 0 saturated carbocycles. The van der Waals surface area contributed by atoms with Crippen molar-refractivity contribution in [1.82, 2.24) is 5.32 Å². The molecule has 0 aliphatic heterocycles. The van der Waals surface area contributed by atoms with E-state index < -0.39 is 23.6 Å². The number of carboxylic acids is 1. The maximum atomic E-state index is 13.4. The Balaban J connectivity index is 1.39. The molecule has 0 unspecified atom stereocenters. The summed E-state index contributed by atoms with van der Waals surface area (Å²) in [6.45, 7) is 0. The third kappa shape index (κ3) is 8.53. The molecule has 0 saturated heterocycles. The van der Waals surface area contributed by atoms with Gasteiger partial charge < -0.3 is 21.1 Å². The molecule has 0 fully saturated rings. The molecule has 0 bridgehead atoms. The van der Waals surface area contributed by atoms with Gasteiger partial charge in [-0.2, -0.15) is 0 Å². The summed E-state index contributed by atoms with van der Waals surface area (Å²) >= 11 is 7.29. The summed E-state index contributed by atoms with van der Waals surface area (Å²) in [5.74, 6) is -3.01. The van der Waals surface area contributed by atoms with Gasteiger partial charge in [0.15, 0.2) is 0 Å². The average molecular weight is 604 g/mol. The molecule has 0 atom stereocenters. The van der Waals surface area contributed by atoms with E-state index in [0.717, 1.165) is 4.90 Å². The molecule has 3 amide bonds. The molecular weight excluding hydrogens is 581 g/mol. The number of rotatable bonds is 10. The Kier molecular flexibility index (Phi) is 10.1. The number of hydrogen-bond donors (Lipinski definition) is 4. The van der Waals surface area contributed by atoms with Crippen LogP contribution in [0.3, 0.4) is 0 Å². The Morgan fingerprint density at radius 2 is 1.52 bits per heavy atom. The fraction of sp³-hybridized carbons (Fsp3) is 0.0323. The predicted molar refractivity (Wildman–Crippen MR) is 161 cm³/mol. The van der Waals surface area contributed by atoms with Gasteiger partial charge in [0.1, 0.15) is 11.5 Å². The SMILES string of the molecule is O=C(CSc1ccc(NC(=O)/C(=C/c2ccc(F)cc2)NC(=O)c2ccccc2)cc1)Nc1cc(C(=O)O)ccc1Cl. The van der Waals surface area contributed by atoms with Crippen LogP contribution in [0.15, 0.2) is 108 Å². The van der Waals surface area contributed by atoms with Crippen molar-refractivity contribution in [3.8, 4) is 0 Å². The summed E-state index contributed by atoms with van der Waals surface area (Å²) in [5, 5.41) is 17.3. The van der Waals surface area contributed by atoms with Crippen LogP contribution in [-0.2, 0) is 9.59 Å². The van der Waals surface area contributed by atoms with Crippen LogP contribution in [0.2, 0.25) is 5.02 Å². The third-order valence-electron chi connectivity index (χ3n) is 5.68. The van der Waals surface area contributed by atoms with Crippen LogP contribution in [0.1, 0.15) is 26.3 Å². The molecule has 4 aromatic carbocycles. The first-order valence-corrected chi connectivity index (χ1v) is 13.7. The van der Waals surface area contributed by atoms with Crippen LogP contribution in [-0.4, -0.2) is 34.6 Å². The standard InChI is InChI=1S/C31H23ClFN3O5S/c32-25-15-8-21(31(40)41)17-26(25)35-28(37)18-42-24-13-11-23(12-14-24)34-30(39)27(16-19-6-9-22(33)10-7-19)36-29(38)20-4-2-1-3-5-20/h1-17H,18H2,(H,34,39)(H,35,37)(H,36,38)(H,40,41)/b27-16-. The normalized spacial score (nSPS) is 11.0. The van der Waals surface area contributed by atoms with E-state index in [2.05, 4.69) is 16.0 Å². The molecule has 0 aliphatic rings. The van der Waals surface area contributed by atoms with Crippen LogP contribution in [0.4, 0.5) is 15.8 Å². The van der Waals surface area contributed by atoms with Gasteiger partial charge in [-0.25, -0.2) is 9.18 Å². The number of benzene rings is 4. The first-order chi connectivity index (χ1) is 20.2. The lowest BCUT2D eigenvalue weighted by atomic mass is 10.1. The lowest BCUT2D eigenvalue weighted by Crippen LogP contribution is -2.30. The highest BCUT2D eigenvalue weighted by Crippen LogP contribution is 2.25.